The maximum absolute atomic E-state index is 11.1. The van der Waals surface area contributed by atoms with Gasteiger partial charge in [-0.15, -0.1) is 5.10 Å². The van der Waals surface area contributed by atoms with Crippen LogP contribution in [0.4, 0.5) is 4.79 Å². The van der Waals surface area contributed by atoms with Gasteiger partial charge >= 0.3 is 6.03 Å². The van der Waals surface area contributed by atoms with Crippen molar-refractivity contribution < 1.29 is 4.79 Å². The van der Waals surface area contributed by atoms with Gasteiger partial charge in [-0.25, -0.2) is 4.79 Å². The monoisotopic (exact) mass is 184 g/mol. The van der Waals surface area contributed by atoms with Crippen LogP contribution in [0.15, 0.2) is 6.20 Å². The van der Waals surface area contributed by atoms with E-state index in [1.807, 2.05) is 0 Å². The van der Waals surface area contributed by atoms with E-state index in [1.165, 1.54) is 11.5 Å². The van der Waals surface area contributed by atoms with E-state index in [-0.39, 0.29) is 6.03 Å². The summed E-state index contributed by atoms with van der Waals surface area (Å²) < 4.78 is 3.72. The number of urea groups is 1. The normalized spacial score (nSPS) is 16.7. The minimum Gasteiger partial charge on any atom is -0.336 e. The SMILES string of the molecule is O=C1NCCN1Cc1cnns1. The van der Waals surface area contributed by atoms with Crippen molar-refractivity contribution in [1.29, 1.82) is 0 Å². The van der Waals surface area contributed by atoms with Gasteiger partial charge in [0.25, 0.3) is 0 Å². The highest BCUT2D eigenvalue weighted by atomic mass is 32.1. The molecule has 1 aromatic heterocycles. The molecule has 0 saturated carbocycles. The predicted octanol–water partition coefficient (Wildman–Crippen LogP) is 0.0633. The van der Waals surface area contributed by atoms with E-state index in [9.17, 15) is 4.79 Å². The molecule has 0 unspecified atom stereocenters. The first-order chi connectivity index (χ1) is 5.86. The number of rotatable bonds is 2. The second-order valence-corrected chi connectivity index (χ2v) is 3.41. The third-order valence-electron chi connectivity index (χ3n) is 1.70. The third kappa shape index (κ3) is 1.38. The van der Waals surface area contributed by atoms with Gasteiger partial charge in [0.05, 0.1) is 17.6 Å². The zero-order valence-corrected chi connectivity index (χ0v) is 7.17. The predicted molar refractivity (Wildman–Crippen MR) is 43.7 cm³/mol. The fourth-order valence-electron chi connectivity index (χ4n) is 1.11. The smallest absolute Gasteiger partial charge is 0.317 e. The lowest BCUT2D eigenvalue weighted by atomic mass is 10.5. The molecule has 2 heterocycles. The van der Waals surface area contributed by atoms with Gasteiger partial charge in [-0.3, -0.25) is 0 Å². The third-order valence-corrected chi connectivity index (χ3v) is 2.34. The summed E-state index contributed by atoms with van der Waals surface area (Å²) >= 11 is 1.33. The first-order valence-corrected chi connectivity index (χ1v) is 4.42. The standard InChI is InChI=1S/C6H8N4OS/c11-6-7-1-2-10(6)4-5-3-8-9-12-5/h3H,1-2,4H2,(H,7,11). The van der Waals surface area contributed by atoms with Crippen LogP contribution in [0.2, 0.25) is 0 Å². The second-order valence-electron chi connectivity index (χ2n) is 2.54. The van der Waals surface area contributed by atoms with Crippen LogP contribution in [0, 0.1) is 0 Å². The van der Waals surface area contributed by atoms with Crippen LogP contribution in [-0.2, 0) is 6.54 Å². The summed E-state index contributed by atoms with van der Waals surface area (Å²) in [6, 6.07) is 0.00315. The largest absolute Gasteiger partial charge is 0.336 e. The summed E-state index contributed by atoms with van der Waals surface area (Å²) in [5.41, 5.74) is 0. The van der Waals surface area contributed by atoms with Gasteiger partial charge in [-0.05, 0) is 11.5 Å². The quantitative estimate of drug-likeness (QED) is 0.707. The molecular weight excluding hydrogens is 176 g/mol. The van der Waals surface area contributed by atoms with Crippen LogP contribution >= 0.6 is 11.5 Å². The van der Waals surface area contributed by atoms with E-state index in [4.69, 9.17) is 0 Å². The lowest BCUT2D eigenvalue weighted by molar-refractivity contribution is 0.216. The number of carbonyl (C=O) groups is 1. The molecule has 1 N–H and O–H groups in total. The molecule has 5 nitrogen and oxygen atoms in total. The molecule has 2 rings (SSSR count). The average Bonchev–Trinajstić information content (AvgIpc) is 2.65. The van der Waals surface area contributed by atoms with E-state index in [0.717, 1.165) is 18.0 Å². The Labute approximate surface area is 73.5 Å². The molecule has 0 radical (unpaired) electrons. The zero-order chi connectivity index (χ0) is 8.39. The maximum atomic E-state index is 11.1. The molecule has 1 aromatic rings. The Morgan fingerprint density at radius 2 is 2.67 bits per heavy atom. The first-order valence-electron chi connectivity index (χ1n) is 3.65. The fraction of sp³-hybridized carbons (Fsp3) is 0.500. The van der Waals surface area contributed by atoms with Gasteiger partial charge in [0.1, 0.15) is 0 Å². The first kappa shape index (κ1) is 7.48. The molecule has 1 saturated heterocycles. The van der Waals surface area contributed by atoms with Crippen molar-refractivity contribution in [3.63, 3.8) is 0 Å². The molecule has 0 bridgehead atoms. The van der Waals surface area contributed by atoms with Crippen LogP contribution in [0.1, 0.15) is 4.88 Å². The Kier molecular flexibility index (Phi) is 1.91. The molecule has 0 spiro atoms. The van der Waals surface area contributed by atoms with Crippen LogP contribution in [0.3, 0.4) is 0 Å². The van der Waals surface area contributed by atoms with E-state index >= 15 is 0 Å². The molecule has 1 aliphatic rings. The van der Waals surface area contributed by atoms with E-state index in [1.54, 1.807) is 11.1 Å². The molecule has 0 aliphatic carbocycles. The molecule has 0 atom stereocenters. The summed E-state index contributed by atoms with van der Waals surface area (Å²) in [5, 5.41) is 6.43. The minimum atomic E-state index is 0.00315. The van der Waals surface area contributed by atoms with Crippen molar-refractivity contribution in [2.24, 2.45) is 0 Å². The molecule has 6 heteroatoms. The van der Waals surface area contributed by atoms with Gasteiger partial charge in [0, 0.05) is 13.1 Å². The Morgan fingerprint density at radius 3 is 3.25 bits per heavy atom. The number of carbonyl (C=O) groups excluding carboxylic acids is 1. The highest BCUT2D eigenvalue weighted by Gasteiger charge is 2.19. The van der Waals surface area contributed by atoms with Gasteiger partial charge < -0.3 is 10.2 Å². The van der Waals surface area contributed by atoms with Crippen molar-refractivity contribution in [3.05, 3.63) is 11.1 Å². The molecule has 2 amide bonds. The fourth-order valence-corrected chi connectivity index (χ4v) is 1.61. The number of aromatic nitrogens is 2. The molecular formula is C6H8N4OS. The number of hydrogen-bond acceptors (Lipinski definition) is 4. The zero-order valence-electron chi connectivity index (χ0n) is 6.36. The Bertz CT molecular complexity index is 273. The molecule has 1 fully saturated rings. The summed E-state index contributed by atoms with van der Waals surface area (Å²) in [6.45, 7) is 2.14. The number of hydrogen-bond donors (Lipinski definition) is 1. The number of amides is 2. The second kappa shape index (κ2) is 3.06. The molecule has 64 valence electrons. The lowest BCUT2D eigenvalue weighted by Gasteiger charge is -2.10. The minimum absolute atomic E-state index is 0.00315. The molecule has 1 aliphatic heterocycles. The lowest BCUT2D eigenvalue weighted by Crippen LogP contribution is -2.27. The molecule has 0 aromatic carbocycles. The van der Waals surface area contributed by atoms with E-state index in [0.29, 0.717) is 6.54 Å². The van der Waals surface area contributed by atoms with E-state index in [2.05, 4.69) is 14.9 Å². The van der Waals surface area contributed by atoms with Gasteiger partial charge in [-0.2, -0.15) is 0 Å². The van der Waals surface area contributed by atoms with Crippen molar-refractivity contribution in [2.45, 2.75) is 6.54 Å². The van der Waals surface area contributed by atoms with Crippen LogP contribution < -0.4 is 5.32 Å². The summed E-state index contributed by atoms with van der Waals surface area (Å²) in [5.74, 6) is 0. The maximum Gasteiger partial charge on any atom is 0.317 e. The van der Waals surface area contributed by atoms with Crippen LogP contribution in [-0.4, -0.2) is 33.6 Å². The Balaban J connectivity index is 1.99. The summed E-state index contributed by atoms with van der Waals surface area (Å²) in [4.78, 5) is 13.8. The van der Waals surface area contributed by atoms with Crippen LogP contribution in [0.25, 0.3) is 0 Å². The Morgan fingerprint density at radius 1 is 1.75 bits per heavy atom. The highest BCUT2D eigenvalue weighted by molar-refractivity contribution is 7.05. The van der Waals surface area contributed by atoms with Gasteiger partial charge in [0.2, 0.25) is 0 Å². The number of nitrogens with one attached hydrogen (secondary N) is 1. The summed E-state index contributed by atoms with van der Waals surface area (Å²) in [6.07, 6.45) is 1.69. The number of nitrogens with zero attached hydrogens (tertiary/aromatic N) is 3. The van der Waals surface area contributed by atoms with Gasteiger partial charge in [0.15, 0.2) is 0 Å². The van der Waals surface area contributed by atoms with E-state index < -0.39 is 0 Å². The van der Waals surface area contributed by atoms with Crippen molar-refractivity contribution >= 4 is 17.6 Å². The highest BCUT2D eigenvalue weighted by Crippen LogP contribution is 2.08. The molecule has 12 heavy (non-hydrogen) atoms. The van der Waals surface area contributed by atoms with Crippen molar-refractivity contribution in [3.8, 4) is 0 Å². The summed E-state index contributed by atoms with van der Waals surface area (Å²) in [7, 11) is 0. The van der Waals surface area contributed by atoms with Crippen molar-refractivity contribution in [1.82, 2.24) is 19.8 Å². The van der Waals surface area contributed by atoms with Crippen LogP contribution in [0.5, 0.6) is 0 Å². The Hall–Kier alpha value is -1.17. The average molecular weight is 184 g/mol. The van der Waals surface area contributed by atoms with Gasteiger partial charge in [-0.1, -0.05) is 4.49 Å². The van der Waals surface area contributed by atoms with Crippen molar-refractivity contribution in [2.75, 3.05) is 13.1 Å². The topological polar surface area (TPSA) is 58.1 Å².